The van der Waals surface area contributed by atoms with Crippen LogP contribution >= 0.6 is 15.9 Å². The number of cyclic esters (lactones) is 2. The maximum Gasteiger partial charge on any atom is 0.416 e. The van der Waals surface area contributed by atoms with Gasteiger partial charge in [-0.1, -0.05) is 146 Å². The Kier molecular flexibility index (Phi) is 27.0. The number of carbonyl (C=O) groups is 8. The number of rotatable bonds is 12. The first-order chi connectivity index (χ1) is 33.1. The van der Waals surface area contributed by atoms with E-state index in [0.717, 1.165) is 11.1 Å². The summed E-state index contributed by atoms with van der Waals surface area (Å²) in [5.41, 5.74) is -0.561. The van der Waals surface area contributed by atoms with Crippen molar-refractivity contribution in [3.63, 3.8) is 0 Å². The van der Waals surface area contributed by atoms with Gasteiger partial charge >= 0.3 is 36.1 Å². The highest BCUT2D eigenvalue weighted by molar-refractivity contribution is 9.09. The Balaban J connectivity index is 0.00000102. The monoisotopic (exact) mass is 1100 g/mol. The van der Waals surface area contributed by atoms with Gasteiger partial charge in [-0.3, -0.25) is 28.8 Å². The molecule has 0 saturated carbocycles. The van der Waals surface area contributed by atoms with Crippen LogP contribution in [0.3, 0.4) is 0 Å². The SMILES string of the molecule is C.CC(C)(C)CC(=O)N1C(=O)OC[C@@H]1Cc1ccccc1.CC(C)(C)OC(=O)CBr.CC(C)(C)OC(=O)C[C@H](C(=O)N1C(=O)OC[C@@H]1Cc1ccccc1)C(C)(C)C.CC(C)(C)OC(=O)C[C@H](C(=O)O)C(C)(C)C. The third-order valence-electron chi connectivity index (χ3n) is 10.5. The van der Waals surface area contributed by atoms with Crippen molar-refractivity contribution >= 4 is 63.8 Å². The Morgan fingerprint density at radius 1 is 0.568 bits per heavy atom. The number of benzene rings is 2. The molecule has 16 nitrogen and oxygen atoms in total. The minimum absolute atomic E-state index is 0. The Morgan fingerprint density at radius 2 is 0.905 bits per heavy atom. The van der Waals surface area contributed by atoms with E-state index in [4.69, 9.17) is 28.8 Å². The molecule has 74 heavy (non-hydrogen) atoms. The summed E-state index contributed by atoms with van der Waals surface area (Å²) in [5, 5.41) is 9.32. The Bertz CT molecular complexity index is 2140. The van der Waals surface area contributed by atoms with Crippen molar-refractivity contribution in [3.8, 4) is 0 Å². The smallest absolute Gasteiger partial charge is 0.416 e. The molecule has 2 aromatic carbocycles. The van der Waals surface area contributed by atoms with Gasteiger partial charge in [0.15, 0.2) is 0 Å². The van der Waals surface area contributed by atoms with E-state index >= 15 is 0 Å². The van der Waals surface area contributed by atoms with E-state index in [-0.39, 0.29) is 79.7 Å². The molecule has 4 rings (SSSR count). The highest BCUT2D eigenvalue weighted by Gasteiger charge is 2.45. The molecule has 2 aliphatic heterocycles. The van der Waals surface area contributed by atoms with Gasteiger partial charge in [0.2, 0.25) is 11.8 Å². The predicted molar refractivity (Wildman–Crippen MR) is 289 cm³/mol. The van der Waals surface area contributed by atoms with Crippen molar-refractivity contribution in [3.05, 3.63) is 71.8 Å². The molecule has 2 fully saturated rings. The number of hydrogen-bond acceptors (Lipinski definition) is 13. The van der Waals surface area contributed by atoms with E-state index in [9.17, 15) is 38.4 Å². The second-order valence-electron chi connectivity index (χ2n) is 24.5. The summed E-state index contributed by atoms with van der Waals surface area (Å²) in [6, 6.07) is 18.9. The summed E-state index contributed by atoms with van der Waals surface area (Å²) in [6.45, 7) is 33.6. The van der Waals surface area contributed by atoms with Crippen LogP contribution in [0.2, 0.25) is 0 Å². The van der Waals surface area contributed by atoms with Crippen LogP contribution in [0.15, 0.2) is 60.7 Å². The van der Waals surface area contributed by atoms with Crippen LogP contribution in [0.25, 0.3) is 0 Å². The molecule has 1 N–H and O–H groups in total. The Labute approximate surface area is 450 Å². The topological polar surface area (TPSA) is 209 Å². The Morgan fingerprint density at radius 3 is 1.22 bits per heavy atom. The molecule has 2 saturated heterocycles. The lowest BCUT2D eigenvalue weighted by atomic mass is 9.77. The van der Waals surface area contributed by atoms with Gasteiger partial charge in [-0.15, -0.1) is 0 Å². The Hall–Kier alpha value is -5.32. The van der Waals surface area contributed by atoms with Crippen LogP contribution in [0.4, 0.5) is 9.59 Å². The van der Waals surface area contributed by atoms with Gasteiger partial charge in [-0.2, -0.15) is 0 Å². The standard InChI is InChI=1S/C22H31NO5.C16H21NO3.C12H22O4.C6H11BrO2.CH4/c1-21(2,3)17(13-18(24)28-22(4,5)6)19(25)23-16(14-27-20(23)26)12-15-10-8-7-9-11-15;1-16(2,3)10-14(18)17-13(11-20-15(17)19)9-12-7-5-4-6-8-12;1-11(2,3)8(10(14)15)7-9(13)16-12(4,5)6;1-6(2,3)9-5(8)4-7;/h7-11,16-17H,12-14H2,1-6H3;4-8,13H,9-11H2,1-3H3;8H,7H2,1-6H3,(H,14,15);4H2,1-3H3;1H4/t16-,17+;13-;8-;;/m001../s1. The maximum absolute atomic E-state index is 13.3. The van der Waals surface area contributed by atoms with Gasteiger partial charge in [0.1, 0.15) is 35.3 Å². The van der Waals surface area contributed by atoms with Gasteiger partial charge in [-0.25, -0.2) is 19.4 Å². The minimum Gasteiger partial charge on any atom is -0.481 e. The molecule has 0 aliphatic carbocycles. The van der Waals surface area contributed by atoms with E-state index in [1.54, 1.807) is 62.3 Å². The first-order valence-electron chi connectivity index (χ1n) is 24.6. The molecule has 17 heteroatoms. The summed E-state index contributed by atoms with van der Waals surface area (Å²) in [4.78, 5) is 97.7. The lowest BCUT2D eigenvalue weighted by molar-refractivity contribution is -0.162. The first kappa shape index (κ1) is 68.7. The molecule has 0 aromatic heterocycles. The number of esters is 3. The molecule has 4 amide bonds. The zero-order valence-electron chi connectivity index (χ0n) is 46.8. The van der Waals surface area contributed by atoms with E-state index < -0.39 is 64.0 Å². The fourth-order valence-electron chi connectivity index (χ4n) is 7.27. The van der Waals surface area contributed by atoms with Crippen LogP contribution in [0.5, 0.6) is 0 Å². The number of carbonyl (C=O) groups excluding carboxylic acids is 7. The molecule has 0 bridgehead atoms. The minimum atomic E-state index is -0.960. The molecule has 418 valence electrons. The largest absolute Gasteiger partial charge is 0.481 e. The van der Waals surface area contributed by atoms with Crippen molar-refractivity contribution in [2.24, 2.45) is 28.1 Å². The number of aliphatic carboxylic acids is 1. The number of hydrogen-bond donors (Lipinski definition) is 1. The molecule has 2 heterocycles. The van der Waals surface area contributed by atoms with Crippen LogP contribution in [-0.4, -0.2) is 110 Å². The van der Waals surface area contributed by atoms with Gasteiger partial charge in [-0.05, 0) is 103 Å². The first-order valence-corrected chi connectivity index (χ1v) is 25.8. The van der Waals surface area contributed by atoms with Crippen LogP contribution in [0, 0.1) is 28.1 Å². The lowest BCUT2D eigenvalue weighted by Crippen LogP contribution is -2.47. The number of halogens is 1. The summed E-state index contributed by atoms with van der Waals surface area (Å²) < 4.78 is 25.6. The molecular formula is C57H89BrN2O14. The second kappa shape index (κ2) is 29.1. The van der Waals surface area contributed by atoms with Crippen molar-refractivity contribution in [2.45, 2.75) is 193 Å². The molecular weight excluding hydrogens is 1020 g/mol. The van der Waals surface area contributed by atoms with Gasteiger partial charge in [0, 0.05) is 6.42 Å². The zero-order valence-corrected chi connectivity index (χ0v) is 48.4. The number of imide groups is 2. The summed E-state index contributed by atoms with van der Waals surface area (Å²) >= 11 is 2.99. The third-order valence-corrected chi connectivity index (χ3v) is 11.0. The fraction of sp³-hybridized carbons (Fsp3) is 0.649. The fourth-order valence-corrected chi connectivity index (χ4v) is 7.39. The number of nitrogens with zero attached hydrogens (tertiary/aromatic N) is 2. The summed E-state index contributed by atoms with van der Waals surface area (Å²) in [7, 11) is 0. The molecule has 0 unspecified atom stereocenters. The molecule has 2 aromatic rings. The molecule has 2 aliphatic rings. The second-order valence-corrected chi connectivity index (χ2v) is 25.1. The average molecular weight is 1110 g/mol. The number of carboxylic acid groups (broad SMARTS) is 1. The quantitative estimate of drug-likeness (QED) is 0.119. The lowest BCUT2D eigenvalue weighted by Gasteiger charge is -2.33. The number of amides is 4. The van der Waals surface area contributed by atoms with Crippen LogP contribution in [0.1, 0.15) is 162 Å². The van der Waals surface area contributed by atoms with E-state index in [0.29, 0.717) is 19.3 Å². The third kappa shape index (κ3) is 27.3. The molecule has 0 spiro atoms. The van der Waals surface area contributed by atoms with Gasteiger partial charge in [0.05, 0.1) is 36.8 Å². The van der Waals surface area contributed by atoms with E-state index in [1.165, 1.54) is 9.80 Å². The van der Waals surface area contributed by atoms with Crippen molar-refractivity contribution < 1.29 is 67.1 Å². The van der Waals surface area contributed by atoms with Gasteiger partial charge in [0.25, 0.3) is 0 Å². The normalized spacial score (nSPS) is 16.6. The van der Waals surface area contributed by atoms with E-state index in [1.807, 2.05) is 123 Å². The maximum atomic E-state index is 13.3. The molecule has 0 radical (unpaired) electrons. The van der Waals surface area contributed by atoms with Crippen LogP contribution in [-0.2, 0) is 65.3 Å². The number of alkyl halides is 1. The summed E-state index contributed by atoms with van der Waals surface area (Å²) in [6.07, 6.45) is 0.166. The van der Waals surface area contributed by atoms with Crippen molar-refractivity contribution in [1.82, 2.24) is 9.80 Å². The summed E-state index contributed by atoms with van der Waals surface area (Å²) in [5.74, 6) is -4.04. The predicted octanol–water partition coefficient (Wildman–Crippen LogP) is 11.8. The number of ether oxygens (including phenoxy) is 5. The van der Waals surface area contributed by atoms with Crippen LogP contribution < -0.4 is 0 Å². The van der Waals surface area contributed by atoms with Crippen molar-refractivity contribution in [1.29, 1.82) is 0 Å². The highest BCUT2D eigenvalue weighted by Crippen LogP contribution is 2.34. The highest BCUT2D eigenvalue weighted by atomic mass is 79.9. The molecule has 4 atom stereocenters. The van der Waals surface area contributed by atoms with Crippen molar-refractivity contribution in [2.75, 3.05) is 18.5 Å². The van der Waals surface area contributed by atoms with E-state index in [2.05, 4.69) is 15.9 Å². The number of carboxylic acids is 1. The van der Waals surface area contributed by atoms with Gasteiger partial charge < -0.3 is 28.8 Å². The average Bonchev–Trinajstić information content (AvgIpc) is 3.76. The zero-order chi connectivity index (χ0) is 56.5.